The molecule has 1 aliphatic rings. The van der Waals surface area contributed by atoms with Crippen molar-refractivity contribution in [2.45, 2.75) is 31.7 Å². The smallest absolute Gasteiger partial charge is 0.341 e. The van der Waals surface area contributed by atoms with E-state index in [1.165, 1.54) is 19.3 Å². The Morgan fingerprint density at radius 3 is 2.65 bits per heavy atom. The monoisotopic (exact) mass is 422 g/mol. The fourth-order valence-electron chi connectivity index (χ4n) is 2.71. The minimum Gasteiger partial charge on any atom is -0.493 e. The van der Waals surface area contributed by atoms with Crippen LogP contribution in [0.5, 0.6) is 11.5 Å². The topological polar surface area (TPSA) is 109 Å². The average molecular weight is 423 g/mol. The van der Waals surface area contributed by atoms with Gasteiger partial charge in [-0.05, 0) is 36.6 Å². The van der Waals surface area contributed by atoms with E-state index in [0.717, 1.165) is 25.7 Å². The van der Waals surface area contributed by atoms with Crippen molar-refractivity contribution >= 4 is 33.9 Å². The maximum absolute atomic E-state index is 12.3. The first-order chi connectivity index (χ1) is 12.4. The predicted octanol–water partition coefficient (Wildman–Crippen LogP) is 2.89. The number of halogens is 1. The highest BCUT2D eigenvalue weighted by Crippen LogP contribution is 2.34. The Labute approximate surface area is 159 Å². The second-order valence-corrected chi connectivity index (χ2v) is 6.69. The number of carboxylic acid groups (broad SMARTS) is 1. The van der Waals surface area contributed by atoms with Gasteiger partial charge >= 0.3 is 5.97 Å². The van der Waals surface area contributed by atoms with Crippen LogP contribution >= 0.6 is 15.9 Å². The second-order valence-electron chi connectivity index (χ2n) is 5.83. The first-order valence-electron chi connectivity index (χ1n) is 8.09. The van der Waals surface area contributed by atoms with Gasteiger partial charge in [-0.1, -0.05) is 28.8 Å². The van der Waals surface area contributed by atoms with Crippen LogP contribution in [0.15, 0.2) is 22.2 Å². The summed E-state index contributed by atoms with van der Waals surface area (Å²) in [6.07, 6.45) is 5.47. The summed E-state index contributed by atoms with van der Waals surface area (Å²) < 4.78 is 10.9. The van der Waals surface area contributed by atoms with Crippen LogP contribution in [0.3, 0.4) is 0 Å². The molecule has 1 aliphatic carbocycles. The van der Waals surface area contributed by atoms with Gasteiger partial charge in [0, 0.05) is 10.5 Å². The molecule has 0 bridgehead atoms. The number of hydrogen-bond donors (Lipinski definition) is 2. The zero-order valence-electron chi connectivity index (χ0n) is 14.3. The number of nitriles is 1. The molecule has 1 saturated carbocycles. The molecule has 0 unspecified atom stereocenters. The minimum atomic E-state index is -1.11. The molecule has 0 spiro atoms. The summed E-state index contributed by atoms with van der Waals surface area (Å²) in [6, 6.07) is 5.15. The van der Waals surface area contributed by atoms with Gasteiger partial charge in [0.1, 0.15) is 11.6 Å². The van der Waals surface area contributed by atoms with Crippen molar-refractivity contribution in [3.05, 3.63) is 27.7 Å². The van der Waals surface area contributed by atoms with Crippen molar-refractivity contribution < 1.29 is 24.2 Å². The minimum absolute atomic E-state index is 0.0149. The van der Waals surface area contributed by atoms with Gasteiger partial charge in [0.2, 0.25) is 0 Å². The van der Waals surface area contributed by atoms with E-state index in [4.69, 9.17) is 14.6 Å². The average Bonchev–Trinajstić information content (AvgIpc) is 3.11. The van der Waals surface area contributed by atoms with Gasteiger partial charge in [0.05, 0.1) is 7.11 Å². The number of hydrogen-bond acceptors (Lipinski definition) is 5. The van der Waals surface area contributed by atoms with E-state index in [2.05, 4.69) is 21.2 Å². The van der Waals surface area contributed by atoms with Crippen molar-refractivity contribution in [3.63, 3.8) is 0 Å². The summed E-state index contributed by atoms with van der Waals surface area (Å²) in [6.45, 7) is -0.509. The summed E-state index contributed by atoms with van der Waals surface area (Å²) in [5.74, 6) is -0.971. The van der Waals surface area contributed by atoms with Gasteiger partial charge in [0.25, 0.3) is 5.91 Å². The molecule has 1 amide bonds. The van der Waals surface area contributed by atoms with Crippen LogP contribution in [0, 0.1) is 11.3 Å². The van der Waals surface area contributed by atoms with E-state index < -0.39 is 18.5 Å². The van der Waals surface area contributed by atoms with Crippen molar-refractivity contribution in [1.82, 2.24) is 5.32 Å². The molecule has 26 heavy (non-hydrogen) atoms. The van der Waals surface area contributed by atoms with Crippen LogP contribution in [0.2, 0.25) is 0 Å². The Morgan fingerprint density at radius 1 is 1.38 bits per heavy atom. The summed E-state index contributed by atoms with van der Waals surface area (Å²) in [5.41, 5.74) is 0.529. The lowest BCUT2D eigenvalue weighted by Crippen LogP contribution is -2.33. The fourth-order valence-corrected chi connectivity index (χ4v) is 3.15. The van der Waals surface area contributed by atoms with E-state index in [9.17, 15) is 14.9 Å². The number of amides is 1. The van der Waals surface area contributed by atoms with Gasteiger partial charge in [-0.15, -0.1) is 0 Å². The maximum Gasteiger partial charge on any atom is 0.341 e. The Bertz CT molecular complexity index is 764. The fraction of sp³-hybridized carbons (Fsp3) is 0.389. The molecule has 1 fully saturated rings. The van der Waals surface area contributed by atoms with Gasteiger partial charge in [-0.3, -0.25) is 4.79 Å². The summed E-state index contributed by atoms with van der Waals surface area (Å²) in [7, 11) is 1.42. The number of carboxylic acids is 1. The van der Waals surface area contributed by atoms with E-state index in [0.29, 0.717) is 15.8 Å². The lowest BCUT2D eigenvalue weighted by atomic mass is 10.1. The summed E-state index contributed by atoms with van der Waals surface area (Å²) >= 11 is 3.34. The van der Waals surface area contributed by atoms with Crippen molar-refractivity contribution in [2.24, 2.45) is 0 Å². The largest absolute Gasteiger partial charge is 0.493 e. The molecular weight excluding hydrogens is 404 g/mol. The number of carbonyl (C=O) groups is 2. The molecule has 1 aromatic carbocycles. The van der Waals surface area contributed by atoms with Crippen molar-refractivity contribution in [1.29, 1.82) is 5.26 Å². The van der Waals surface area contributed by atoms with Crippen LogP contribution in [0.1, 0.15) is 31.2 Å². The van der Waals surface area contributed by atoms with E-state index in [1.54, 1.807) is 6.07 Å². The first kappa shape index (κ1) is 19.8. The third-order valence-corrected chi connectivity index (χ3v) is 4.68. The van der Waals surface area contributed by atoms with Crippen molar-refractivity contribution in [3.8, 4) is 17.6 Å². The van der Waals surface area contributed by atoms with Gasteiger partial charge in [-0.2, -0.15) is 5.26 Å². The molecule has 0 atom stereocenters. The highest BCUT2D eigenvalue weighted by molar-refractivity contribution is 9.10. The number of ether oxygens (including phenoxy) is 2. The number of nitrogens with one attached hydrogen (secondary N) is 1. The lowest BCUT2D eigenvalue weighted by Gasteiger charge is -2.13. The van der Waals surface area contributed by atoms with Gasteiger partial charge in [0.15, 0.2) is 18.1 Å². The second kappa shape index (κ2) is 9.25. The SMILES string of the molecule is COc1cc(/C=C(/C#N)C(=O)NC2CCCC2)c(Br)cc1OCC(=O)O. The number of benzene rings is 1. The van der Waals surface area contributed by atoms with Crippen LogP contribution in [0.4, 0.5) is 0 Å². The number of carbonyl (C=O) groups excluding carboxylic acids is 1. The molecule has 2 rings (SSSR count). The Morgan fingerprint density at radius 2 is 2.08 bits per heavy atom. The quantitative estimate of drug-likeness (QED) is 0.516. The highest BCUT2D eigenvalue weighted by atomic mass is 79.9. The van der Waals surface area contributed by atoms with Crippen LogP contribution in [0.25, 0.3) is 6.08 Å². The predicted molar refractivity (Wildman–Crippen MR) is 97.8 cm³/mol. The van der Waals surface area contributed by atoms with E-state index in [1.807, 2.05) is 6.07 Å². The molecule has 0 aromatic heterocycles. The lowest BCUT2D eigenvalue weighted by molar-refractivity contribution is -0.139. The Kier molecular flexibility index (Phi) is 7.04. The zero-order chi connectivity index (χ0) is 19.1. The summed E-state index contributed by atoms with van der Waals surface area (Å²) in [5, 5.41) is 20.9. The molecule has 2 N–H and O–H groups in total. The zero-order valence-corrected chi connectivity index (χ0v) is 15.8. The number of nitrogens with zero attached hydrogens (tertiary/aromatic N) is 1. The molecule has 8 heteroatoms. The van der Waals surface area contributed by atoms with Crippen LogP contribution < -0.4 is 14.8 Å². The number of rotatable bonds is 7. The molecule has 7 nitrogen and oxygen atoms in total. The van der Waals surface area contributed by atoms with Crippen LogP contribution in [-0.2, 0) is 9.59 Å². The Hall–Kier alpha value is -2.53. The van der Waals surface area contributed by atoms with E-state index in [-0.39, 0.29) is 17.4 Å². The molecule has 0 aliphatic heterocycles. The normalized spacial score (nSPS) is 14.6. The first-order valence-corrected chi connectivity index (χ1v) is 8.88. The standard InChI is InChI=1S/C18H19BrN2O5/c1-25-15-7-11(14(19)8-16(15)26-10-17(22)23)6-12(9-20)18(24)21-13-4-2-3-5-13/h6-8,13H,2-5,10H2,1H3,(H,21,24)(H,22,23)/b12-6-. The Balaban J connectivity index is 2.24. The molecule has 1 aromatic rings. The molecule has 0 radical (unpaired) electrons. The van der Waals surface area contributed by atoms with Gasteiger partial charge < -0.3 is 19.9 Å². The molecule has 138 valence electrons. The van der Waals surface area contributed by atoms with Crippen LogP contribution in [-0.4, -0.2) is 36.7 Å². The molecule has 0 heterocycles. The third kappa shape index (κ3) is 5.23. The maximum atomic E-state index is 12.3. The van der Waals surface area contributed by atoms with Gasteiger partial charge in [-0.25, -0.2) is 4.79 Å². The molecular formula is C18H19BrN2O5. The van der Waals surface area contributed by atoms with E-state index >= 15 is 0 Å². The summed E-state index contributed by atoms with van der Waals surface area (Å²) in [4.78, 5) is 23.0. The highest BCUT2D eigenvalue weighted by Gasteiger charge is 2.20. The number of methoxy groups -OCH3 is 1. The third-order valence-electron chi connectivity index (χ3n) is 3.99. The molecule has 0 saturated heterocycles. The van der Waals surface area contributed by atoms with Crippen molar-refractivity contribution in [2.75, 3.05) is 13.7 Å². The number of aliphatic carboxylic acids is 1.